The normalized spacial score (nSPS) is 13.5. The smallest absolute Gasteiger partial charge is 0.164 e. The van der Waals surface area contributed by atoms with Crippen LogP contribution >= 0.6 is 0 Å². The van der Waals surface area contributed by atoms with E-state index in [0.29, 0.717) is 17.5 Å². The second-order valence-corrected chi connectivity index (χ2v) is 12.8. The first-order valence-corrected chi connectivity index (χ1v) is 15.9. The molecule has 3 nitrogen and oxygen atoms in total. The first kappa shape index (κ1) is 26.7. The highest BCUT2D eigenvalue weighted by Gasteiger charge is 2.35. The number of hydrogen-bond donors (Lipinski definition) is 0. The molecule has 2 aliphatic carbocycles. The van der Waals surface area contributed by atoms with E-state index in [4.69, 9.17) is 15.0 Å². The van der Waals surface area contributed by atoms with Gasteiger partial charge < -0.3 is 0 Å². The lowest BCUT2D eigenvalue weighted by Crippen LogP contribution is -2.14. The minimum absolute atomic E-state index is 0.0535. The van der Waals surface area contributed by atoms with Crippen molar-refractivity contribution in [1.29, 1.82) is 0 Å². The van der Waals surface area contributed by atoms with Crippen LogP contribution in [-0.4, -0.2) is 15.0 Å². The van der Waals surface area contributed by atoms with Crippen molar-refractivity contribution in [2.75, 3.05) is 0 Å². The molecule has 3 heteroatoms. The third-order valence-electron chi connectivity index (χ3n) is 9.83. The van der Waals surface area contributed by atoms with Crippen molar-refractivity contribution in [1.82, 2.24) is 15.0 Å². The van der Waals surface area contributed by atoms with E-state index in [1.54, 1.807) is 0 Å². The number of aromatic nitrogens is 3. The minimum Gasteiger partial charge on any atom is -0.208 e. The molecule has 7 aromatic rings. The van der Waals surface area contributed by atoms with Gasteiger partial charge in [-0.25, -0.2) is 15.0 Å². The first-order chi connectivity index (χ1) is 22.6. The standard InChI is InChI=1S/C43H31N3/c1-43(2)38-22-10-9-17-33(38)37-25-29(23-24-39(37)43)41-44-40(28-15-7-4-8-16-28)45-42(46-41)34-21-12-20-32-31-19-11-18-30(35(31)26-36(32)34)27-13-5-3-6-14-27/h3-25H,26H2,1-2H3. The summed E-state index contributed by atoms with van der Waals surface area (Å²) in [6.07, 6.45) is 0.832. The summed E-state index contributed by atoms with van der Waals surface area (Å²) in [5, 5.41) is 0. The van der Waals surface area contributed by atoms with Crippen LogP contribution in [0.15, 0.2) is 140 Å². The molecule has 0 fully saturated rings. The molecule has 218 valence electrons. The Bertz CT molecular complexity index is 2300. The van der Waals surface area contributed by atoms with Crippen LogP contribution in [0.2, 0.25) is 0 Å². The topological polar surface area (TPSA) is 38.7 Å². The Morgan fingerprint density at radius 1 is 0.391 bits per heavy atom. The van der Waals surface area contributed by atoms with Crippen LogP contribution in [0, 0.1) is 0 Å². The van der Waals surface area contributed by atoms with Gasteiger partial charge >= 0.3 is 0 Å². The molecule has 1 heterocycles. The van der Waals surface area contributed by atoms with Crippen LogP contribution in [-0.2, 0) is 11.8 Å². The number of benzene rings is 6. The first-order valence-electron chi connectivity index (χ1n) is 15.9. The Morgan fingerprint density at radius 3 is 1.65 bits per heavy atom. The zero-order valence-corrected chi connectivity index (χ0v) is 25.8. The molecule has 0 N–H and O–H groups in total. The van der Waals surface area contributed by atoms with Gasteiger partial charge in [0.1, 0.15) is 0 Å². The highest BCUT2D eigenvalue weighted by Crippen LogP contribution is 2.49. The average Bonchev–Trinajstić information content (AvgIpc) is 3.61. The number of fused-ring (bicyclic) bond motifs is 6. The second-order valence-electron chi connectivity index (χ2n) is 12.8. The van der Waals surface area contributed by atoms with E-state index in [1.165, 1.54) is 55.6 Å². The number of hydrogen-bond acceptors (Lipinski definition) is 3. The van der Waals surface area contributed by atoms with Crippen LogP contribution in [0.25, 0.3) is 67.5 Å². The summed E-state index contributed by atoms with van der Waals surface area (Å²) in [5.74, 6) is 2.07. The Hall–Kier alpha value is -5.67. The molecule has 0 amide bonds. The SMILES string of the molecule is CC1(C)c2ccccc2-c2cc(-c3nc(-c4ccccc4)nc(-c4cccc5c4Cc4c(-c6ccccc6)cccc4-5)n3)ccc21. The quantitative estimate of drug-likeness (QED) is 0.205. The fraction of sp³-hybridized carbons (Fsp3) is 0.0930. The van der Waals surface area contributed by atoms with Gasteiger partial charge in [-0.15, -0.1) is 0 Å². The Morgan fingerprint density at radius 2 is 0.913 bits per heavy atom. The van der Waals surface area contributed by atoms with Gasteiger partial charge in [-0.05, 0) is 61.7 Å². The molecule has 1 aromatic heterocycles. The summed E-state index contributed by atoms with van der Waals surface area (Å²) in [5.41, 5.74) is 15.9. The lowest BCUT2D eigenvalue weighted by molar-refractivity contribution is 0.660. The summed E-state index contributed by atoms with van der Waals surface area (Å²) < 4.78 is 0. The maximum atomic E-state index is 5.22. The molecule has 2 aliphatic rings. The molecular formula is C43H31N3. The van der Waals surface area contributed by atoms with Gasteiger partial charge in [-0.1, -0.05) is 147 Å². The average molecular weight is 590 g/mol. The van der Waals surface area contributed by atoms with Crippen molar-refractivity contribution in [2.24, 2.45) is 0 Å². The van der Waals surface area contributed by atoms with E-state index in [0.717, 1.165) is 23.1 Å². The van der Waals surface area contributed by atoms with Gasteiger partial charge in [-0.3, -0.25) is 0 Å². The van der Waals surface area contributed by atoms with E-state index in [-0.39, 0.29) is 5.41 Å². The van der Waals surface area contributed by atoms with Crippen LogP contribution in [0.5, 0.6) is 0 Å². The van der Waals surface area contributed by atoms with Crippen molar-refractivity contribution in [2.45, 2.75) is 25.7 Å². The van der Waals surface area contributed by atoms with Gasteiger partial charge in [-0.2, -0.15) is 0 Å². The van der Waals surface area contributed by atoms with E-state index >= 15 is 0 Å². The van der Waals surface area contributed by atoms with Crippen molar-refractivity contribution in [3.05, 3.63) is 162 Å². The molecule has 0 spiro atoms. The molecule has 0 unspecified atom stereocenters. The van der Waals surface area contributed by atoms with Gasteiger partial charge in [0.15, 0.2) is 17.5 Å². The maximum Gasteiger partial charge on any atom is 0.164 e. The van der Waals surface area contributed by atoms with Crippen LogP contribution in [0.1, 0.15) is 36.1 Å². The second kappa shape index (κ2) is 10.2. The van der Waals surface area contributed by atoms with Crippen molar-refractivity contribution >= 4 is 0 Å². The van der Waals surface area contributed by atoms with Gasteiger partial charge in [0, 0.05) is 28.5 Å². The zero-order chi connectivity index (χ0) is 30.8. The van der Waals surface area contributed by atoms with Crippen LogP contribution in [0.4, 0.5) is 0 Å². The summed E-state index contributed by atoms with van der Waals surface area (Å²) in [6.45, 7) is 4.62. The highest BCUT2D eigenvalue weighted by atomic mass is 15.0. The maximum absolute atomic E-state index is 5.22. The monoisotopic (exact) mass is 589 g/mol. The fourth-order valence-electron chi connectivity index (χ4n) is 7.53. The fourth-order valence-corrected chi connectivity index (χ4v) is 7.53. The number of nitrogens with zero attached hydrogens (tertiary/aromatic N) is 3. The molecule has 9 rings (SSSR count). The van der Waals surface area contributed by atoms with E-state index < -0.39 is 0 Å². The van der Waals surface area contributed by atoms with Crippen molar-refractivity contribution in [3.63, 3.8) is 0 Å². The largest absolute Gasteiger partial charge is 0.208 e. The summed E-state index contributed by atoms with van der Waals surface area (Å²) in [7, 11) is 0. The predicted molar refractivity (Wildman–Crippen MR) is 187 cm³/mol. The third kappa shape index (κ3) is 4.09. The molecule has 0 saturated carbocycles. The van der Waals surface area contributed by atoms with Crippen molar-refractivity contribution in [3.8, 4) is 67.5 Å². The van der Waals surface area contributed by atoms with E-state index in [1.807, 2.05) is 18.2 Å². The molecule has 0 aliphatic heterocycles. The lowest BCUT2D eigenvalue weighted by Gasteiger charge is -2.21. The van der Waals surface area contributed by atoms with Gasteiger partial charge in [0.05, 0.1) is 0 Å². The minimum atomic E-state index is -0.0535. The predicted octanol–water partition coefficient (Wildman–Crippen LogP) is 10.4. The molecule has 0 atom stereocenters. The Balaban J connectivity index is 1.21. The number of rotatable bonds is 4. The summed E-state index contributed by atoms with van der Waals surface area (Å²) >= 11 is 0. The zero-order valence-electron chi connectivity index (χ0n) is 25.8. The van der Waals surface area contributed by atoms with Crippen molar-refractivity contribution < 1.29 is 0 Å². The van der Waals surface area contributed by atoms with Crippen LogP contribution < -0.4 is 0 Å². The molecule has 0 bridgehead atoms. The summed E-state index contributed by atoms with van der Waals surface area (Å²) in [4.78, 5) is 15.4. The highest BCUT2D eigenvalue weighted by molar-refractivity contribution is 5.89. The molecule has 6 aromatic carbocycles. The molecular weight excluding hydrogens is 558 g/mol. The van der Waals surface area contributed by atoms with Crippen LogP contribution in [0.3, 0.4) is 0 Å². The Kier molecular flexibility index (Phi) is 5.91. The summed E-state index contributed by atoms with van der Waals surface area (Å²) in [6, 6.07) is 49.6. The lowest BCUT2D eigenvalue weighted by atomic mass is 9.82. The van der Waals surface area contributed by atoms with Gasteiger partial charge in [0.25, 0.3) is 0 Å². The Labute approximate surface area is 269 Å². The van der Waals surface area contributed by atoms with E-state index in [2.05, 4.69) is 135 Å². The van der Waals surface area contributed by atoms with E-state index in [9.17, 15) is 0 Å². The van der Waals surface area contributed by atoms with Gasteiger partial charge in [0.2, 0.25) is 0 Å². The molecule has 0 saturated heterocycles. The molecule has 46 heavy (non-hydrogen) atoms. The molecule has 0 radical (unpaired) electrons. The third-order valence-corrected chi connectivity index (χ3v) is 9.83.